The molecule has 0 spiro atoms. The van der Waals surface area contributed by atoms with Crippen molar-refractivity contribution in [3.05, 3.63) is 0 Å². The first-order valence-electron chi connectivity index (χ1n) is 3.72. The van der Waals surface area contributed by atoms with Gasteiger partial charge in [0, 0.05) is 29.6 Å². The summed E-state index contributed by atoms with van der Waals surface area (Å²) in [5.74, 6) is -0.459. The Balaban J connectivity index is 0.00000121. The minimum atomic E-state index is -0.459. The van der Waals surface area contributed by atoms with Gasteiger partial charge in [0.25, 0.3) is 0 Å². The third-order valence-electron chi connectivity index (χ3n) is 1.76. The summed E-state index contributed by atoms with van der Waals surface area (Å²) in [7, 11) is 0. The molecule has 0 aromatic heterocycles. The van der Waals surface area contributed by atoms with Crippen LogP contribution in [0.5, 0.6) is 0 Å². The van der Waals surface area contributed by atoms with Gasteiger partial charge in [-0.3, -0.25) is 4.79 Å². The van der Waals surface area contributed by atoms with Crippen molar-refractivity contribution in [1.29, 1.82) is 0 Å². The summed E-state index contributed by atoms with van der Waals surface area (Å²) < 4.78 is 4.20. The summed E-state index contributed by atoms with van der Waals surface area (Å²) in [5.41, 5.74) is 0. The van der Waals surface area contributed by atoms with Crippen LogP contribution in [0.2, 0.25) is 0 Å². The van der Waals surface area contributed by atoms with E-state index in [0.29, 0.717) is 0 Å². The monoisotopic (exact) mass is 180 g/mol. The molecule has 1 fully saturated rings. The van der Waals surface area contributed by atoms with Crippen LogP contribution in [0.15, 0.2) is 0 Å². The molecule has 1 heterocycles. The first kappa shape index (κ1) is 12.1. The average Bonchev–Trinajstić information content (AvgIpc) is 2.07. The van der Waals surface area contributed by atoms with Crippen LogP contribution in [0.1, 0.15) is 19.3 Å². The van der Waals surface area contributed by atoms with E-state index in [1.165, 1.54) is 0 Å². The zero-order chi connectivity index (χ0) is 8.10. The van der Waals surface area contributed by atoms with Crippen molar-refractivity contribution in [2.75, 3.05) is 6.54 Å². The van der Waals surface area contributed by atoms with Gasteiger partial charge in [-0.2, -0.15) is 0 Å². The van der Waals surface area contributed by atoms with Crippen LogP contribution in [0, 0.1) is 0 Å². The molecule has 0 saturated carbocycles. The quantitative estimate of drug-likeness (QED) is 0.268. The number of esters is 1. The predicted octanol–water partition coefficient (Wildman–Crippen LogP) is -0.553. The molecule has 1 radical (unpaired) electrons. The van der Waals surface area contributed by atoms with E-state index in [1.807, 2.05) is 0 Å². The Hall–Kier alpha value is 0.1000. The molecule has 1 N–H and O–H groups in total. The van der Waals surface area contributed by atoms with Crippen molar-refractivity contribution in [3.8, 4) is 0 Å². The average molecular weight is 180 g/mol. The van der Waals surface area contributed by atoms with Crippen LogP contribution in [0.3, 0.4) is 0 Å². The molecule has 63 valence electrons. The Morgan fingerprint density at radius 3 is 2.75 bits per heavy atom. The van der Waals surface area contributed by atoms with Crippen LogP contribution in [-0.4, -0.2) is 54.6 Å². The zero-order valence-electron chi connectivity index (χ0n) is 7.21. The molecule has 0 bridgehead atoms. The number of hydrogen-bond donors (Lipinski definition) is 1. The number of piperidine rings is 1. The summed E-state index contributed by atoms with van der Waals surface area (Å²) in [6.45, 7) is 1.01. The number of carbonyl (C=O) groups excluding carboxylic acids is 2. The summed E-state index contributed by atoms with van der Waals surface area (Å²) in [4.78, 5) is 20.7. The van der Waals surface area contributed by atoms with Crippen molar-refractivity contribution in [1.82, 2.24) is 5.32 Å². The van der Waals surface area contributed by atoms with E-state index in [9.17, 15) is 9.59 Å². The van der Waals surface area contributed by atoms with E-state index < -0.39 is 5.97 Å². The van der Waals surface area contributed by atoms with Crippen LogP contribution in [0.4, 0.5) is 0 Å². The minimum Gasteiger partial charge on any atom is -0.394 e. The molecule has 5 heteroatoms. The van der Waals surface area contributed by atoms with Gasteiger partial charge in [-0.1, -0.05) is 6.42 Å². The molecule has 0 aliphatic carbocycles. The van der Waals surface area contributed by atoms with Crippen molar-refractivity contribution >= 4 is 42.0 Å². The number of ether oxygens (including phenoxy) is 1. The maximum absolute atomic E-state index is 10.9. The largest absolute Gasteiger partial charge is 0.394 e. The standard InChI is InChI=1S/C7H11NO3.Na/c9-5-11-7(10)6-3-1-2-4-8-6;/h5-6,8H,1-4H2;. The molecule has 0 amide bonds. The Labute approximate surface area is 93.3 Å². The molecule has 1 saturated heterocycles. The predicted molar refractivity (Wildman–Crippen MR) is 43.6 cm³/mol. The van der Waals surface area contributed by atoms with Crippen molar-refractivity contribution in [2.24, 2.45) is 0 Å². The van der Waals surface area contributed by atoms with Crippen LogP contribution < -0.4 is 5.32 Å². The van der Waals surface area contributed by atoms with Crippen LogP contribution in [0.25, 0.3) is 0 Å². The fraction of sp³-hybridized carbons (Fsp3) is 0.714. The maximum Gasteiger partial charge on any atom is 0.330 e. The zero-order valence-corrected chi connectivity index (χ0v) is 9.21. The number of hydrogen-bond acceptors (Lipinski definition) is 4. The fourth-order valence-corrected chi connectivity index (χ4v) is 1.18. The number of carbonyl (C=O) groups is 2. The van der Waals surface area contributed by atoms with Gasteiger partial charge in [0.2, 0.25) is 0 Å². The first-order chi connectivity index (χ1) is 5.34. The molecular formula is C7H11NNaO3. The minimum absolute atomic E-state index is 0. The topological polar surface area (TPSA) is 55.4 Å². The normalized spacial score (nSPS) is 22.2. The van der Waals surface area contributed by atoms with Gasteiger partial charge in [-0.05, 0) is 19.4 Å². The summed E-state index contributed by atoms with van der Waals surface area (Å²) in [6, 6.07) is -0.269. The second-order valence-corrected chi connectivity index (χ2v) is 2.54. The second-order valence-electron chi connectivity index (χ2n) is 2.54. The molecule has 0 aromatic carbocycles. The Bertz CT molecular complexity index is 157. The molecule has 12 heavy (non-hydrogen) atoms. The van der Waals surface area contributed by atoms with E-state index in [2.05, 4.69) is 10.1 Å². The summed E-state index contributed by atoms with van der Waals surface area (Å²) in [5, 5.41) is 2.97. The van der Waals surface area contributed by atoms with E-state index in [1.54, 1.807) is 0 Å². The van der Waals surface area contributed by atoms with Gasteiger partial charge in [0.15, 0.2) is 0 Å². The number of rotatable bonds is 2. The SMILES string of the molecule is O=COC(=O)C1CCCCN1.[Na]. The fourth-order valence-electron chi connectivity index (χ4n) is 1.18. The first-order valence-corrected chi connectivity index (χ1v) is 3.72. The van der Waals surface area contributed by atoms with Crippen molar-refractivity contribution in [2.45, 2.75) is 25.3 Å². The molecule has 1 unspecified atom stereocenters. The van der Waals surface area contributed by atoms with Gasteiger partial charge in [0.1, 0.15) is 6.04 Å². The third kappa shape index (κ3) is 3.67. The van der Waals surface area contributed by atoms with Gasteiger partial charge < -0.3 is 10.1 Å². The Morgan fingerprint density at radius 1 is 1.50 bits per heavy atom. The molecule has 1 rings (SSSR count). The van der Waals surface area contributed by atoms with Crippen LogP contribution >= 0.6 is 0 Å². The third-order valence-corrected chi connectivity index (χ3v) is 1.76. The number of nitrogens with one attached hydrogen (secondary N) is 1. The molecule has 1 aliphatic heterocycles. The molecule has 1 atom stereocenters. The van der Waals surface area contributed by atoms with E-state index >= 15 is 0 Å². The molecule has 0 aromatic rings. The van der Waals surface area contributed by atoms with Crippen LogP contribution in [-0.2, 0) is 14.3 Å². The maximum atomic E-state index is 10.9. The van der Waals surface area contributed by atoms with Crippen molar-refractivity contribution in [3.63, 3.8) is 0 Å². The summed E-state index contributed by atoms with van der Waals surface area (Å²) in [6.07, 6.45) is 2.88. The summed E-state index contributed by atoms with van der Waals surface area (Å²) >= 11 is 0. The van der Waals surface area contributed by atoms with E-state index in [-0.39, 0.29) is 42.1 Å². The van der Waals surface area contributed by atoms with E-state index in [4.69, 9.17) is 0 Å². The molecular weight excluding hydrogens is 169 g/mol. The van der Waals surface area contributed by atoms with Crippen molar-refractivity contribution < 1.29 is 14.3 Å². The molecule has 1 aliphatic rings. The van der Waals surface area contributed by atoms with Gasteiger partial charge in [-0.15, -0.1) is 0 Å². The Morgan fingerprint density at radius 2 is 2.25 bits per heavy atom. The van der Waals surface area contributed by atoms with Gasteiger partial charge in [-0.25, -0.2) is 4.79 Å². The molecule has 4 nitrogen and oxygen atoms in total. The Kier molecular flexibility index (Phi) is 6.65. The van der Waals surface area contributed by atoms with Gasteiger partial charge in [0.05, 0.1) is 0 Å². The second kappa shape index (κ2) is 6.60. The van der Waals surface area contributed by atoms with Gasteiger partial charge >= 0.3 is 12.4 Å². The van der Waals surface area contributed by atoms with E-state index in [0.717, 1.165) is 25.8 Å². The smallest absolute Gasteiger partial charge is 0.330 e.